The van der Waals surface area contributed by atoms with Gasteiger partial charge in [-0.1, -0.05) is 12.1 Å². The summed E-state index contributed by atoms with van der Waals surface area (Å²) in [7, 11) is 0. The Bertz CT molecular complexity index is 1380. The van der Waals surface area contributed by atoms with Crippen LogP contribution in [0.2, 0.25) is 0 Å². The third-order valence-corrected chi connectivity index (χ3v) is 7.30. The Hall–Kier alpha value is -3.59. The van der Waals surface area contributed by atoms with Crippen molar-refractivity contribution in [2.24, 2.45) is 11.7 Å². The zero-order valence-electron chi connectivity index (χ0n) is 18.9. The summed E-state index contributed by atoms with van der Waals surface area (Å²) in [5.74, 6) is -1.77. The molecule has 0 spiro atoms. The first-order valence-corrected chi connectivity index (χ1v) is 11.8. The maximum atomic E-state index is 14.5. The molecule has 9 heteroatoms. The maximum absolute atomic E-state index is 14.5. The third kappa shape index (κ3) is 3.61. The number of amides is 2. The minimum absolute atomic E-state index is 0.0551. The first-order chi connectivity index (χ1) is 16.8. The van der Waals surface area contributed by atoms with Gasteiger partial charge in [0.05, 0.1) is 11.8 Å². The van der Waals surface area contributed by atoms with Crippen molar-refractivity contribution >= 4 is 11.8 Å². The summed E-state index contributed by atoms with van der Waals surface area (Å²) < 4.78 is 30.3. The van der Waals surface area contributed by atoms with Gasteiger partial charge in [0.25, 0.3) is 0 Å². The van der Waals surface area contributed by atoms with Gasteiger partial charge in [0.15, 0.2) is 0 Å². The lowest BCUT2D eigenvalue weighted by atomic mass is 9.98. The first kappa shape index (κ1) is 21.9. The molecule has 1 saturated carbocycles. The van der Waals surface area contributed by atoms with Crippen LogP contribution in [0.3, 0.4) is 0 Å². The average Bonchev–Trinajstić information content (AvgIpc) is 3.55. The number of nitrogens with two attached hydrogens (primary N) is 1. The van der Waals surface area contributed by atoms with Crippen molar-refractivity contribution in [3.8, 4) is 11.3 Å². The van der Waals surface area contributed by atoms with Gasteiger partial charge in [0.2, 0.25) is 11.8 Å². The van der Waals surface area contributed by atoms with Crippen LogP contribution < -0.4 is 5.73 Å². The number of hydrogen-bond acceptors (Lipinski definition) is 4. The number of aliphatic hydroxyl groups is 1. The molecule has 2 heterocycles. The van der Waals surface area contributed by atoms with Crippen molar-refractivity contribution in [2.45, 2.75) is 44.4 Å². The van der Waals surface area contributed by atoms with Gasteiger partial charge in [-0.25, -0.2) is 8.78 Å². The number of benzene rings is 2. The Labute approximate surface area is 200 Å². The molecule has 1 aromatic heterocycles. The zero-order valence-corrected chi connectivity index (χ0v) is 18.9. The Balaban J connectivity index is 1.50. The van der Waals surface area contributed by atoms with Crippen LogP contribution in [0.5, 0.6) is 0 Å². The summed E-state index contributed by atoms with van der Waals surface area (Å²) in [6.07, 6.45) is 1.36. The van der Waals surface area contributed by atoms with Crippen LogP contribution in [0.25, 0.3) is 11.3 Å². The normalized spacial score (nSPS) is 21.1. The molecule has 0 saturated heterocycles. The van der Waals surface area contributed by atoms with E-state index in [1.165, 1.54) is 6.07 Å². The molecule has 3 aliphatic rings. The minimum Gasteiger partial charge on any atom is -0.390 e. The second-order valence-corrected chi connectivity index (χ2v) is 9.62. The number of aliphatic hydroxyl groups excluding tert-OH is 1. The Morgan fingerprint density at radius 1 is 1.11 bits per heavy atom. The minimum atomic E-state index is -0.985. The number of halogens is 2. The molecule has 0 unspecified atom stereocenters. The Kier molecular flexibility index (Phi) is 5.00. The van der Waals surface area contributed by atoms with Gasteiger partial charge in [0, 0.05) is 60.3 Å². The summed E-state index contributed by atoms with van der Waals surface area (Å²) in [6, 6.07) is 8.10. The predicted molar refractivity (Wildman–Crippen MR) is 122 cm³/mol. The lowest BCUT2D eigenvalue weighted by molar-refractivity contribution is -0.133. The fraction of sp³-hybridized carbons (Fsp3) is 0.346. The number of carbonyl (C=O) groups excluding carboxylic acids is 2. The van der Waals surface area contributed by atoms with E-state index < -0.39 is 29.7 Å². The molecule has 180 valence electrons. The number of aromatic nitrogens is 2. The smallest absolute Gasteiger partial charge is 0.248 e. The first-order valence-electron chi connectivity index (χ1n) is 11.8. The van der Waals surface area contributed by atoms with Gasteiger partial charge in [0.1, 0.15) is 17.7 Å². The molecule has 2 atom stereocenters. The molecule has 6 rings (SSSR count). The zero-order chi connectivity index (χ0) is 24.4. The van der Waals surface area contributed by atoms with E-state index in [9.17, 15) is 23.5 Å². The van der Waals surface area contributed by atoms with E-state index >= 15 is 0 Å². The molecular weight excluding hydrogens is 454 g/mol. The summed E-state index contributed by atoms with van der Waals surface area (Å²) in [5.41, 5.74) is 9.29. The highest BCUT2D eigenvalue weighted by Crippen LogP contribution is 2.41. The molecule has 2 amide bonds. The molecule has 0 radical (unpaired) electrons. The summed E-state index contributed by atoms with van der Waals surface area (Å²) in [6.45, 7) is 0.843. The van der Waals surface area contributed by atoms with E-state index in [1.54, 1.807) is 28.9 Å². The number of carbonyl (C=O) groups is 2. The highest BCUT2D eigenvalue weighted by molar-refractivity contribution is 5.94. The number of primary amides is 1. The van der Waals surface area contributed by atoms with Gasteiger partial charge in [-0.2, -0.15) is 5.10 Å². The molecule has 1 aliphatic heterocycles. The maximum Gasteiger partial charge on any atom is 0.248 e. The Morgan fingerprint density at radius 3 is 2.66 bits per heavy atom. The Morgan fingerprint density at radius 2 is 1.91 bits per heavy atom. The molecule has 3 aromatic rings. The number of nitrogens with zero attached hydrogens (tertiary/aromatic N) is 3. The molecule has 0 bridgehead atoms. The standard InChI is InChI=1S/C26H24F2N4O3/c27-16-9-18-17(20(28)10-16)11-22(33)24(18)32-21-6-7-31(26(35)13-4-5-13)12-19(21)23(30-32)14-2-1-3-15(8-14)25(29)34/h1-3,8-10,13,22,24,33H,4-7,11-12H2,(H2,29,34)/t22-,24-/m1/s1. The van der Waals surface area contributed by atoms with Gasteiger partial charge < -0.3 is 15.7 Å². The van der Waals surface area contributed by atoms with Crippen molar-refractivity contribution in [1.82, 2.24) is 14.7 Å². The van der Waals surface area contributed by atoms with Crippen molar-refractivity contribution in [2.75, 3.05) is 6.54 Å². The van der Waals surface area contributed by atoms with E-state index in [-0.39, 0.29) is 23.8 Å². The molecule has 3 N–H and O–H groups in total. The van der Waals surface area contributed by atoms with E-state index in [2.05, 4.69) is 0 Å². The second-order valence-electron chi connectivity index (χ2n) is 9.62. The van der Waals surface area contributed by atoms with E-state index in [1.807, 2.05) is 4.90 Å². The van der Waals surface area contributed by atoms with Gasteiger partial charge in [-0.05, 0) is 42.2 Å². The largest absolute Gasteiger partial charge is 0.390 e. The lowest BCUT2D eigenvalue weighted by Gasteiger charge is -2.29. The molecule has 2 aromatic carbocycles. The van der Waals surface area contributed by atoms with E-state index in [0.717, 1.165) is 30.2 Å². The van der Waals surface area contributed by atoms with Gasteiger partial charge in [-0.15, -0.1) is 0 Å². The molecule has 1 fully saturated rings. The monoisotopic (exact) mass is 478 g/mol. The fourth-order valence-corrected chi connectivity index (χ4v) is 5.43. The molecule has 2 aliphatic carbocycles. The predicted octanol–water partition coefficient (Wildman–Crippen LogP) is 2.73. The van der Waals surface area contributed by atoms with Crippen LogP contribution in [0.1, 0.15) is 51.6 Å². The highest BCUT2D eigenvalue weighted by Gasteiger charge is 2.41. The SMILES string of the molecule is NC(=O)c1cccc(-c2nn([C@@H]3c4cc(F)cc(F)c4C[C@H]3O)c3c2CN(C(=O)C2CC2)CC3)c1. The summed E-state index contributed by atoms with van der Waals surface area (Å²) in [4.78, 5) is 26.4. The van der Waals surface area contributed by atoms with Gasteiger partial charge >= 0.3 is 0 Å². The van der Waals surface area contributed by atoms with Crippen LogP contribution in [-0.4, -0.2) is 44.3 Å². The van der Waals surface area contributed by atoms with Crippen LogP contribution in [0, 0.1) is 17.6 Å². The molecular formula is C26H24F2N4O3. The van der Waals surface area contributed by atoms with Crippen LogP contribution in [0.4, 0.5) is 8.78 Å². The topological polar surface area (TPSA) is 101 Å². The number of rotatable bonds is 4. The number of fused-ring (bicyclic) bond motifs is 2. The van der Waals surface area contributed by atoms with Crippen molar-refractivity contribution in [3.05, 3.63) is 76.0 Å². The van der Waals surface area contributed by atoms with Crippen LogP contribution in [0.15, 0.2) is 36.4 Å². The number of hydrogen-bond donors (Lipinski definition) is 2. The van der Waals surface area contributed by atoms with Gasteiger partial charge in [-0.3, -0.25) is 14.3 Å². The van der Waals surface area contributed by atoms with Crippen LogP contribution >= 0.6 is 0 Å². The lowest BCUT2D eigenvalue weighted by Crippen LogP contribution is -2.38. The fourth-order valence-electron chi connectivity index (χ4n) is 5.43. The molecule has 7 nitrogen and oxygen atoms in total. The van der Waals surface area contributed by atoms with Crippen molar-refractivity contribution in [1.29, 1.82) is 0 Å². The second kappa shape index (κ2) is 7.98. The summed E-state index contributed by atoms with van der Waals surface area (Å²) in [5, 5.41) is 15.8. The average molecular weight is 478 g/mol. The quantitative estimate of drug-likeness (QED) is 0.602. The summed E-state index contributed by atoms with van der Waals surface area (Å²) >= 11 is 0. The highest BCUT2D eigenvalue weighted by atomic mass is 19.1. The van der Waals surface area contributed by atoms with Crippen LogP contribution in [-0.2, 0) is 24.2 Å². The molecule has 35 heavy (non-hydrogen) atoms. The van der Waals surface area contributed by atoms with E-state index in [4.69, 9.17) is 10.8 Å². The van der Waals surface area contributed by atoms with Crippen molar-refractivity contribution in [3.63, 3.8) is 0 Å². The van der Waals surface area contributed by atoms with E-state index in [0.29, 0.717) is 41.9 Å². The van der Waals surface area contributed by atoms with Crippen molar-refractivity contribution < 1.29 is 23.5 Å². The third-order valence-electron chi connectivity index (χ3n) is 7.30.